The third kappa shape index (κ3) is 8.51. The van der Waals surface area contributed by atoms with E-state index in [1.54, 1.807) is 36.2 Å². The summed E-state index contributed by atoms with van der Waals surface area (Å²) in [6, 6.07) is 10.7. The number of likely N-dealkylation sites (tertiary alicyclic amines) is 2. The zero-order chi connectivity index (χ0) is 29.5. The van der Waals surface area contributed by atoms with Gasteiger partial charge in [-0.3, -0.25) is 9.59 Å². The summed E-state index contributed by atoms with van der Waals surface area (Å²) >= 11 is 24.9. The Labute approximate surface area is 262 Å². The molecule has 2 aliphatic heterocycles. The van der Waals surface area contributed by atoms with E-state index in [1.807, 2.05) is 12.1 Å². The molecule has 2 amide bonds. The molecule has 0 aliphatic carbocycles. The summed E-state index contributed by atoms with van der Waals surface area (Å²) in [6.45, 7) is 3.77. The fraction of sp³-hybridized carbons (Fsp3) is 0.500. The molecule has 2 heterocycles. The molecule has 0 aromatic heterocycles. The van der Waals surface area contributed by atoms with Crippen LogP contribution in [-0.4, -0.2) is 85.1 Å². The minimum absolute atomic E-state index is 0.177. The number of carbonyl (C=O) groups excluding carboxylic acids is 2. The Bertz CT molecular complexity index is 1250. The van der Waals surface area contributed by atoms with Gasteiger partial charge in [-0.05, 0) is 74.5 Å². The number of carbonyl (C=O) groups is 2. The second-order valence-corrected chi connectivity index (χ2v) is 12.4. The Kier molecular flexibility index (Phi) is 11.6. The molecule has 2 aromatic rings. The number of piperidine rings is 2. The van der Waals surface area contributed by atoms with Gasteiger partial charge in [0, 0.05) is 60.7 Å². The summed E-state index contributed by atoms with van der Waals surface area (Å²) in [5.74, 6) is -0.113. The van der Waals surface area contributed by atoms with E-state index in [-0.39, 0.29) is 18.4 Å². The first-order valence-electron chi connectivity index (χ1n) is 13.9. The molecule has 0 saturated carbocycles. The van der Waals surface area contributed by atoms with Crippen LogP contribution in [0.2, 0.25) is 20.1 Å². The van der Waals surface area contributed by atoms with Gasteiger partial charge in [-0.15, -0.1) is 0 Å². The normalized spacial score (nSPS) is 18.0. The van der Waals surface area contributed by atoms with Gasteiger partial charge in [0.05, 0.1) is 22.3 Å². The number of halogens is 4. The van der Waals surface area contributed by atoms with Crippen LogP contribution in [0.25, 0.3) is 0 Å². The highest BCUT2D eigenvalue weighted by Crippen LogP contribution is 2.31. The number of rotatable bonds is 10. The second kappa shape index (κ2) is 14.9. The van der Waals surface area contributed by atoms with Crippen molar-refractivity contribution in [2.24, 2.45) is 5.16 Å². The van der Waals surface area contributed by atoms with Gasteiger partial charge in [-0.25, -0.2) is 0 Å². The van der Waals surface area contributed by atoms with Gasteiger partial charge >= 0.3 is 0 Å². The Balaban J connectivity index is 1.48. The van der Waals surface area contributed by atoms with E-state index in [0.717, 1.165) is 63.8 Å². The van der Waals surface area contributed by atoms with Crippen LogP contribution >= 0.6 is 46.4 Å². The molecule has 1 unspecified atom stereocenters. The van der Waals surface area contributed by atoms with Crippen molar-refractivity contribution in [2.45, 2.75) is 50.5 Å². The number of nitrogens with zero attached hydrogens (tertiary/aromatic N) is 4. The number of hydrogen-bond acceptors (Lipinski definition) is 5. The predicted octanol–water partition coefficient (Wildman–Crippen LogP) is 7.03. The van der Waals surface area contributed by atoms with Crippen molar-refractivity contribution in [3.8, 4) is 0 Å². The molecule has 0 bridgehead atoms. The van der Waals surface area contributed by atoms with Crippen molar-refractivity contribution >= 4 is 63.9 Å². The average molecular weight is 642 g/mol. The van der Waals surface area contributed by atoms with E-state index in [2.05, 4.69) is 15.0 Å². The molecule has 11 heteroatoms. The summed E-state index contributed by atoms with van der Waals surface area (Å²) in [5, 5.41) is 6.09. The van der Waals surface area contributed by atoms with Gasteiger partial charge in [-0.1, -0.05) is 57.6 Å². The molecule has 0 N–H and O–H groups in total. The van der Waals surface area contributed by atoms with Crippen molar-refractivity contribution in [1.82, 2.24) is 14.7 Å². The molecule has 41 heavy (non-hydrogen) atoms. The highest BCUT2D eigenvalue weighted by atomic mass is 35.5. The summed E-state index contributed by atoms with van der Waals surface area (Å²) in [5.41, 5.74) is 2.02. The molecule has 2 saturated heterocycles. The molecular formula is C30H36Cl4N4O3. The summed E-state index contributed by atoms with van der Waals surface area (Å²) in [6.07, 6.45) is 5.46. The third-order valence-corrected chi connectivity index (χ3v) is 9.08. The first-order chi connectivity index (χ1) is 19.7. The fourth-order valence-corrected chi connectivity index (χ4v) is 6.60. The molecule has 7 nitrogen and oxygen atoms in total. The van der Waals surface area contributed by atoms with Gasteiger partial charge < -0.3 is 19.5 Å². The number of amides is 2. The largest absolute Gasteiger partial charge is 0.399 e. The zero-order valence-electron chi connectivity index (χ0n) is 23.4. The molecular weight excluding hydrogens is 606 g/mol. The van der Waals surface area contributed by atoms with E-state index in [0.29, 0.717) is 49.7 Å². The lowest BCUT2D eigenvalue weighted by Gasteiger charge is -2.40. The molecule has 0 spiro atoms. The van der Waals surface area contributed by atoms with Crippen LogP contribution in [0.5, 0.6) is 0 Å². The van der Waals surface area contributed by atoms with Crippen LogP contribution in [0.4, 0.5) is 0 Å². The topological polar surface area (TPSA) is 65.5 Å². The lowest BCUT2D eigenvalue weighted by molar-refractivity contribution is -0.136. The zero-order valence-corrected chi connectivity index (χ0v) is 26.4. The monoisotopic (exact) mass is 640 g/mol. The Morgan fingerprint density at radius 1 is 1.02 bits per heavy atom. The Hall–Kier alpha value is -2.03. The maximum Gasteiger partial charge on any atom is 0.254 e. The van der Waals surface area contributed by atoms with E-state index in [9.17, 15) is 9.59 Å². The molecule has 0 radical (unpaired) electrons. The van der Waals surface area contributed by atoms with Crippen LogP contribution in [0, 0.1) is 0 Å². The highest BCUT2D eigenvalue weighted by Gasteiger charge is 2.30. The van der Waals surface area contributed by atoms with E-state index in [1.165, 1.54) is 7.11 Å². The minimum atomic E-state index is -0.236. The molecule has 4 rings (SSSR count). The highest BCUT2D eigenvalue weighted by molar-refractivity contribution is 6.42. The smallest absolute Gasteiger partial charge is 0.254 e. The van der Waals surface area contributed by atoms with E-state index >= 15 is 0 Å². The maximum absolute atomic E-state index is 13.3. The van der Waals surface area contributed by atoms with Crippen molar-refractivity contribution < 1.29 is 14.4 Å². The second-order valence-electron chi connectivity index (χ2n) is 10.7. The lowest BCUT2D eigenvalue weighted by Crippen LogP contribution is -2.49. The Morgan fingerprint density at radius 3 is 2.37 bits per heavy atom. The number of benzene rings is 2. The number of hydrogen-bond donors (Lipinski definition) is 0. The van der Waals surface area contributed by atoms with Crippen LogP contribution in [0.15, 0.2) is 41.6 Å². The molecule has 1 atom stereocenters. The first kappa shape index (κ1) is 31.9. The van der Waals surface area contributed by atoms with Crippen LogP contribution < -0.4 is 0 Å². The van der Waals surface area contributed by atoms with Crippen molar-refractivity contribution in [2.75, 3.05) is 46.9 Å². The Morgan fingerprint density at radius 2 is 1.73 bits per heavy atom. The van der Waals surface area contributed by atoms with E-state index < -0.39 is 0 Å². The predicted molar refractivity (Wildman–Crippen MR) is 167 cm³/mol. The number of oxime groups is 1. The summed E-state index contributed by atoms with van der Waals surface area (Å²) in [7, 11) is 3.21. The quantitative estimate of drug-likeness (QED) is 0.206. The van der Waals surface area contributed by atoms with Crippen LogP contribution in [0.3, 0.4) is 0 Å². The molecule has 2 aliphatic rings. The van der Waals surface area contributed by atoms with Gasteiger partial charge in [0.2, 0.25) is 5.91 Å². The summed E-state index contributed by atoms with van der Waals surface area (Å²) < 4.78 is 0. The van der Waals surface area contributed by atoms with Crippen LogP contribution in [-0.2, 0) is 9.63 Å². The van der Waals surface area contributed by atoms with Gasteiger partial charge in [0.1, 0.15) is 7.11 Å². The molecule has 2 aromatic carbocycles. The van der Waals surface area contributed by atoms with Gasteiger partial charge in [-0.2, -0.15) is 0 Å². The standard InChI is InChI=1S/C30H36Cl4N4O3/c1-36(30(40)21-15-22(31)18-23(32)16-21)19-28(35-41-2)25(20-6-7-26(33)27(34)17-20)10-14-37-12-8-24(9-13-37)38-11-4-3-5-29(38)39/h6-7,15-18,24-25H,3-5,8-14,19H2,1-2H3/b35-28-. The van der Waals surface area contributed by atoms with Gasteiger partial charge in [0.15, 0.2) is 0 Å². The summed E-state index contributed by atoms with van der Waals surface area (Å²) in [4.78, 5) is 37.1. The molecule has 222 valence electrons. The van der Waals surface area contributed by atoms with E-state index in [4.69, 9.17) is 51.2 Å². The van der Waals surface area contributed by atoms with Crippen molar-refractivity contribution in [3.05, 3.63) is 67.6 Å². The first-order valence-corrected chi connectivity index (χ1v) is 15.5. The maximum atomic E-state index is 13.3. The molecule has 2 fully saturated rings. The third-order valence-electron chi connectivity index (χ3n) is 7.90. The van der Waals surface area contributed by atoms with Gasteiger partial charge in [0.25, 0.3) is 5.91 Å². The fourth-order valence-electron chi connectivity index (χ4n) is 5.77. The average Bonchev–Trinajstić information content (AvgIpc) is 2.94. The van der Waals surface area contributed by atoms with Crippen molar-refractivity contribution in [3.63, 3.8) is 0 Å². The van der Waals surface area contributed by atoms with Crippen molar-refractivity contribution in [1.29, 1.82) is 0 Å². The van der Waals surface area contributed by atoms with Crippen LogP contribution in [0.1, 0.15) is 60.4 Å². The lowest BCUT2D eigenvalue weighted by atomic mass is 9.89. The minimum Gasteiger partial charge on any atom is -0.399 e. The SMILES string of the molecule is CO/N=C(/CN(C)C(=O)c1cc(Cl)cc(Cl)c1)C(CCN1CCC(N2CCCCC2=O)CC1)c1ccc(Cl)c(Cl)c1.